The monoisotopic (exact) mass is 263 g/mol. The van der Waals surface area contributed by atoms with Gasteiger partial charge in [0.1, 0.15) is 0 Å². The number of benzene rings is 1. The molecule has 0 bridgehead atoms. The normalized spacial score (nSPS) is 25.2. The van der Waals surface area contributed by atoms with Gasteiger partial charge in [0.05, 0.1) is 12.7 Å². The molecular weight excluding hydrogens is 238 g/mol. The van der Waals surface area contributed by atoms with Crippen LogP contribution in [0.2, 0.25) is 0 Å². The minimum atomic E-state index is 0.159. The summed E-state index contributed by atoms with van der Waals surface area (Å²) in [5.41, 5.74) is 1.28. The van der Waals surface area contributed by atoms with Gasteiger partial charge in [-0.25, -0.2) is 0 Å². The summed E-state index contributed by atoms with van der Waals surface area (Å²) in [5.74, 6) is 0. The van der Waals surface area contributed by atoms with Crippen molar-refractivity contribution in [2.75, 3.05) is 13.7 Å². The summed E-state index contributed by atoms with van der Waals surface area (Å²) >= 11 is 0. The highest BCUT2D eigenvalue weighted by Gasteiger charge is 2.22. The van der Waals surface area contributed by atoms with E-state index in [1.54, 1.807) is 7.11 Å². The number of aliphatic hydroxyl groups is 1. The molecule has 106 valence electrons. The van der Waals surface area contributed by atoms with Gasteiger partial charge in [-0.3, -0.25) is 0 Å². The van der Waals surface area contributed by atoms with E-state index in [0.29, 0.717) is 12.1 Å². The van der Waals surface area contributed by atoms with Crippen molar-refractivity contribution >= 4 is 0 Å². The van der Waals surface area contributed by atoms with Crippen molar-refractivity contribution in [2.24, 2.45) is 0 Å². The first-order valence-electron chi connectivity index (χ1n) is 7.25. The summed E-state index contributed by atoms with van der Waals surface area (Å²) in [5, 5.41) is 13.1. The zero-order valence-corrected chi connectivity index (χ0v) is 11.7. The fraction of sp³-hybridized carbons (Fsp3) is 0.625. The molecule has 0 aromatic heterocycles. The van der Waals surface area contributed by atoms with E-state index in [1.807, 2.05) is 18.2 Å². The number of nitrogens with one attached hydrogen (secondary N) is 1. The van der Waals surface area contributed by atoms with Crippen LogP contribution in [0.1, 0.15) is 31.2 Å². The van der Waals surface area contributed by atoms with E-state index in [-0.39, 0.29) is 12.6 Å². The zero-order valence-electron chi connectivity index (χ0n) is 11.7. The van der Waals surface area contributed by atoms with Gasteiger partial charge < -0.3 is 15.2 Å². The molecule has 0 saturated heterocycles. The molecule has 1 aromatic rings. The first-order valence-corrected chi connectivity index (χ1v) is 7.25. The molecule has 1 aliphatic carbocycles. The Balaban J connectivity index is 1.79. The smallest absolute Gasteiger partial charge is 0.0587 e. The second kappa shape index (κ2) is 7.63. The summed E-state index contributed by atoms with van der Waals surface area (Å²) in [7, 11) is 1.80. The van der Waals surface area contributed by atoms with Crippen LogP contribution < -0.4 is 5.32 Å². The lowest BCUT2D eigenvalue weighted by molar-refractivity contribution is 0.0597. The summed E-state index contributed by atoms with van der Waals surface area (Å²) in [6.07, 6.45) is 5.85. The molecular formula is C16H25NO2. The molecule has 3 heteroatoms. The van der Waals surface area contributed by atoms with Crippen LogP contribution in [-0.2, 0) is 11.2 Å². The molecule has 1 atom stereocenters. The molecule has 0 heterocycles. The van der Waals surface area contributed by atoms with Crippen LogP contribution >= 0.6 is 0 Å². The second-order valence-corrected chi connectivity index (χ2v) is 5.45. The van der Waals surface area contributed by atoms with Crippen molar-refractivity contribution in [3.8, 4) is 0 Å². The Labute approximate surface area is 116 Å². The van der Waals surface area contributed by atoms with Gasteiger partial charge in [-0.15, -0.1) is 0 Å². The van der Waals surface area contributed by atoms with Crippen LogP contribution in [0.15, 0.2) is 30.3 Å². The number of aliphatic hydroxyl groups excluding tert-OH is 1. The van der Waals surface area contributed by atoms with E-state index in [1.165, 1.54) is 5.56 Å². The van der Waals surface area contributed by atoms with Gasteiger partial charge in [-0.05, 0) is 37.7 Å². The minimum absolute atomic E-state index is 0.159. The first-order chi connectivity index (χ1) is 9.31. The number of rotatable bonds is 6. The van der Waals surface area contributed by atoms with E-state index in [2.05, 4.69) is 17.4 Å². The van der Waals surface area contributed by atoms with Crippen LogP contribution in [0.3, 0.4) is 0 Å². The van der Waals surface area contributed by atoms with Gasteiger partial charge in [0.15, 0.2) is 0 Å². The molecule has 1 fully saturated rings. The van der Waals surface area contributed by atoms with Crippen molar-refractivity contribution < 1.29 is 9.84 Å². The van der Waals surface area contributed by atoms with Crippen LogP contribution in [0.5, 0.6) is 0 Å². The highest BCUT2D eigenvalue weighted by Crippen LogP contribution is 2.21. The molecule has 19 heavy (non-hydrogen) atoms. The number of ether oxygens (including phenoxy) is 1. The highest BCUT2D eigenvalue weighted by molar-refractivity contribution is 5.16. The molecule has 3 nitrogen and oxygen atoms in total. The van der Waals surface area contributed by atoms with Crippen molar-refractivity contribution in [2.45, 2.75) is 50.3 Å². The number of methoxy groups -OCH3 is 1. The molecule has 0 unspecified atom stereocenters. The zero-order chi connectivity index (χ0) is 13.5. The fourth-order valence-corrected chi connectivity index (χ4v) is 2.87. The largest absolute Gasteiger partial charge is 0.395 e. The highest BCUT2D eigenvalue weighted by atomic mass is 16.5. The van der Waals surface area contributed by atoms with Crippen molar-refractivity contribution in [1.29, 1.82) is 0 Å². The van der Waals surface area contributed by atoms with Crippen molar-refractivity contribution in [3.05, 3.63) is 35.9 Å². The van der Waals surface area contributed by atoms with Crippen LogP contribution in [0, 0.1) is 0 Å². The molecule has 2 rings (SSSR count). The SMILES string of the molecule is COC1CCC(N[C@H](CO)Cc2ccccc2)CC1. The number of hydrogen-bond donors (Lipinski definition) is 2. The fourth-order valence-electron chi connectivity index (χ4n) is 2.87. The molecule has 0 amide bonds. The Morgan fingerprint density at radius 3 is 2.47 bits per heavy atom. The second-order valence-electron chi connectivity index (χ2n) is 5.45. The third kappa shape index (κ3) is 4.60. The standard InChI is InChI=1S/C16H25NO2/c1-19-16-9-7-14(8-10-16)17-15(12-18)11-13-5-3-2-4-6-13/h2-6,14-18H,7-12H2,1H3/t14?,15-,16?/m0/s1. The average Bonchev–Trinajstić information content (AvgIpc) is 2.48. The van der Waals surface area contributed by atoms with Gasteiger partial charge in [-0.2, -0.15) is 0 Å². The Morgan fingerprint density at radius 2 is 1.89 bits per heavy atom. The van der Waals surface area contributed by atoms with Crippen LogP contribution in [0.25, 0.3) is 0 Å². The van der Waals surface area contributed by atoms with E-state index in [4.69, 9.17) is 4.74 Å². The number of hydrogen-bond acceptors (Lipinski definition) is 3. The first kappa shape index (κ1) is 14.5. The molecule has 1 saturated carbocycles. The lowest BCUT2D eigenvalue weighted by atomic mass is 9.92. The molecule has 1 aromatic carbocycles. The lowest BCUT2D eigenvalue weighted by Gasteiger charge is -2.31. The summed E-state index contributed by atoms with van der Waals surface area (Å²) in [6, 6.07) is 11.0. The average molecular weight is 263 g/mol. The van der Waals surface area contributed by atoms with E-state index >= 15 is 0 Å². The Bertz CT molecular complexity index is 347. The van der Waals surface area contributed by atoms with Crippen LogP contribution in [-0.4, -0.2) is 37.0 Å². The third-order valence-electron chi connectivity index (χ3n) is 4.02. The summed E-state index contributed by atoms with van der Waals surface area (Å²) < 4.78 is 5.39. The Morgan fingerprint density at radius 1 is 1.21 bits per heavy atom. The van der Waals surface area contributed by atoms with Crippen molar-refractivity contribution in [3.63, 3.8) is 0 Å². The predicted octanol–water partition coefficient (Wildman–Crippen LogP) is 2.14. The van der Waals surface area contributed by atoms with Gasteiger partial charge in [0.2, 0.25) is 0 Å². The molecule has 0 spiro atoms. The van der Waals surface area contributed by atoms with Gasteiger partial charge >= 0.3 is 0 Å². The Hall–Kier alpha value is -0.900. The van der Waals surface area contributed by atoms with Gasteiger partial charge in [0.25, 0.3) is 0 Å². The molecule has 0 aliphatic heterocycles. The van der Waals surface area contributed by atoms with E-state index in [0.717, 1.165) is 32.1 Å². The summed E-state index contributed by atoms with van der Waals surface area (Å²) in [6.45, 7) is 0.194. The maximum atomic E-state index is 9.53. The quantitative estimate of drug-likeness (QED) is 0.826. The minimum Gasteiger partial charge on any atom is -0.395 e. The Kier molecular flexibility index (Phi) is 5.83. The third-order valence-corrected chi connectivity index (χ3v) is 4.02. The van der Waals surface area contributed by atoms with E-state index in [9.17, 15) is 5.11 Å². The lowest BCUT2D eigenvalue weighted by Crippen LogP contribution is -2.44. The maximum absolute atomic E-state index is 9.53. The molecule has 0 radical (unpaired) electrons. The molecule has 1 aliphatic rings. The van der Waals surface area contributed by atoms with Gasteiger partial charge in [-0.1, -0.05) is 30.3 Å². The van der Waals surface area contributed by atoms with E-state index < -0.39 is 0 Å². The van der Waals surface area contributed by atoms with Crippen molar-refractivity contribution in [1.82, 2.24) is 5.32 Å². The maximum Gasteiger partial charge on any atom is 0.0587 e. The topological polar surface area (TPSA) is 41.5 Å². The summed E-state index contributed by atoms with van der Waals surface area (Å²) in [4.78, 5) is 0. The van der Waals surface area contributed by atoms with Gasteiger partial charge in [0, 0.05) is 19.2 Å². The molecule has 2 N–H and O–H groups in total. The van der Waals surface area contributed by atoms with Crippen LogP contribution in [0.4, 0.5) is 0 Å². The predicted molar refractivity (Wildman–Crippen MR) is 77.2 cm³/mol.